The first kappa shape index (κ1) is 30.7. The van der Waals surface area contributed by atoms with Gasteiger partial charge in [0, 0.05) is 25.9 Å². The molecule has 15 heteroatoms. The predicted molar refractivity (Wildman–Crippen MR) is 148 cm³/mol. The molecule has 0 bridgehead atoms. The Morgan fingerprint density at radius 1 is 1.05 bits per heavy atom. The maximum Gasteiger partial charge on any atom is 0.243 e. The number of amides is 6. The average Bonchev–Trinajstić information content (AvgIpc) is 3.49. The number of hydrogen-bond acceptors (Lipinski definition) is 9. The van der Waals surface area contributed by atoms with E-state index in [0.29, 0.717) is 18.5 Å². The SMILES string of the molecule is CC(=O)NC1CNC2(C1)C(=O)NC1CC(C)(C(=O)NC(CC(N)=O)C(=O)NC(Cc3ccc(O)cc3)C(N)=O)NC12C. The Bertz CT molecular complexity index is 1310. The number of rotatable bonds is 10. The quantitative estimate of drug-likeness (QED) is 0.132. The molecule has 15 nitrogen and oxygen atoms in total. The third kappa shape index (κ3) is 5.74. The average molecular weight is 587 g/mol. The molecule has 7 unspecified atom stereocenters. The second-order valence-electron chi connectivity index (χ2n) is 11.8. The van der Waals surface area contributed by atoms with E-state index in [-0.39, 0.29) is 36.4 Å². The Labute approximate surface area is 242 Å². The van der Waals surface area contributed by atoms with Crippen LogP contribution >= 0.6 is 0 Å². The third-order valence-electron chi connectivity index (χ3n) is 8.60. The highest BCUT2D eigenvalue weighted by Crippen LogP contribution is 2.46. The molecular weight excluding hydrogens is 548 g/mol. The number of carbonyl (C=O) groups excluding carboxylic acids is 6. The zero-order valence-electron chi connectivity index (χ0n) is 23.7. The molecule has 1 aromatic rings. The second kappa shape index (κ2) is 11.2. The van der Waals surface area contributed by atoms with Crippen molar-refractivity contribution in [1.29, 1.82) is 0 Å². The van der Waals surface area contributed by atoms with Gasteiger partial charge in [-0.1, -0.05) is 12.1 Å². The van der Waals surface area contributed by atoms with Gasteiger partial charge in [-0.2, -0.15) is 0 Å². The van der Waals surface area contributed by atoms with Gasteiger partial charge in [0.05, 0.1) is 23.5 Å². The molecule has 0 radical (unpaired) electrons. The predicted octanol–water partition coefficient (Wildman–Crippen LogP) is -3.49. The van der Waals surface area contributed by atoms with E-state index in [1.807, 2.05) is 6.92 Å². The lowest BCUT2D eigenvalue weighted by Gasteiger charge is -2.40. The van der Waals surface area contributed by atoms with Crippen molar-refractivity contribution in [2.45, 2.75) is 87.2 Å². The summed E-state index contributed by atoms with van der Waals surface area (Å²) in [7, 11) is 0. The van der Waals surface area contributed by atoms with E-state index in [1.165, 1.54) is 19.1 Å². The third-order valence-corrected chi connectivity index (χ3v) is 8.60. The van der Waals surface area contributed by atoms with Gasteiger partial charge in [0.1, 0.15) is 23.4 Å². The van der Waals surface area contributed by atoms with Crippen molar-refractivity contribution >= 4 is 35.4 Å². The molecule has 1 aromatic carbocycles. The Kier molecular flexibility index (Phi) is 8.20. The van der Waals surface area contributed by atoms with Crippen LogP contribution in [0, 0.1) is 0 Å². The summed E-state index contributed by atoms with van der Waals surface area (Å²) in [5.74, 6) is -3.58. The largest absolute Gasteiger partial charge is 0.508 e. The van der Waals surface area contributed by atoms with Crippen LogP contribution in [0.5, 0.6) is 5.75 Å². The van der Waals surface area contributed by atoms with Crippen LogP contribution in [0.4, 0.5) is 0 Å². The van der Waals surface area contributed by atoms with Gasteiger partial charge in [-0.05, 0) is 44.4 Å². The minimum atomic E-state index is -1.42. The summed E-state index contributed by atoms with van der Waals surface area (Å²) >= 11 is 0. The number of carbonyl (C=O) groups is 6. The van der Waals surface area contributed by atoms with Crippen molar-refractivity contribution in [3.05, 3.63) is 29.8 Å². The minimum absolute atomic E-state index is 0.00611. The number of nitrogens with one attached hydrogen (secondary N) is 6. The Morgan fingerprint density at radius 3 is 2.31 bits per heavy atom. The highest BCUT2D eigenvalue weighted by molar-refractivity contribution is 5.98. The molecule has 4 rings (SSSR count). The van der Waals surface area contributed by atoms with E-state index in [1.54, 1.807) is 19.1 Å². The van der Waals surface area contributed by atoms with Gasteiger partial charge in [-0.25, -0.2) is 0 Å². The maximum absolute atomic E-state index is 13.7. The molecule has 7 atom stereocenters. The van der Waals surface area contributed by atoms with E-state index < -0.39 is 64.8 Å². The summed E-state index contributed by atoms with van der Waals surface area (Å²) in [5.41, 5.74) is 8.16. The van der Waals surface area contributed by atoms with Crippen LogP contribution in [0.2, 0.25) is 0 Å². The molecule has 6 amide bonds. The van der Waals surface area contributed by atoms with Crippen LogP contribution < -0.4 is 43.4 Å². The molecule has 0 aliphatic carbocycles. The number of fused-ring (bicyclic) bond motifs is 2. The summed E-state index contributed by atoms with van der Waals surface area (Å²) < 4.78 is 0. The molecule has 42 heavy (non-hydrogen) atoms. The van der Waals surface area contributed by atoms with Crippen molar-refractivity contribution in [3.8, 4) is 5.75 Å². The highest BCUT2D eigenvalue weighted by atomic mass is 16.3. The number of phenols is 1. The molecule has 1 spiro atoms. The molecular formula is C27H38N8O7. The Balaban J connectivity index is 1.48. The fraction of sp³-hybridized carbons (Fsp3) is 0.556. The second-order valence-corrected chi connectivity index (χ2v) is 11.8. The Hall–Kier alpha value is -4.24. The van der Waals surface area contributed by atoms with Crippen molar-refractivity contribution in [2.24, 2.45) is 11.5 Å². The molecule has 228 valence electrons. The van der Waals surface area contributed by atoms with Gasteiger partial charge in [0.15, 0.2) is 0 Å². The zero-order chi connectivity index (χ0) is 31.0. The molecule has 3 saturated heterocycles. The van der Waals surface area contributed by atoms with Gasteiger partial charge in [-0.3, -0.25) is 39.4 Å². The number of benzene rings is 1. The lowest BCUT2D eigenvalue weighted by molar-refractivity contribution is -0.135. The van der Waals surface area contributed by atoms with Crippen LogP contribution in [-0.2, 0) is 35.2 Å². The summed E-state index contributed by atoms with van der Waals surface area (Å²) in [5, 5.41) is 27.0. The number of nitrogens with two attached hydrogens (primary N) is 2. The number of phenolic OH excluding ortho intramolecular Hbond substituents is 1. The lowest BCUT2D eigenvalue weighted by Crippen LogP contribution is -2.70. The molecule has 3 heterocycles. The van der Waals surface area contributed by atoms with E-state index in [0.717, 1.165) is 0 Å². The van der Waals surface area contributed by atoms with E-state index in [2.05, 4.69) is 31.9 Å². The van der Waals surface area contributed by atoms with Gasteiger partial charge in [0.2, 0.25) is 35.4 Å². The van der Waals surface area contributed by atoms with Crippen LogP contribution in [-0.4, -0.2) is 87.9 Å². The first-order valence-corrected chi connectivity index (χ1v) is 13.7. The molecule has 3 fully saturated rings. The van der Waals surface area contributed by atoms with E-state index in [4.69, 9.17) is 11.5 Å². The summed E-state index contributed by atoms with van der Waals surface area (Å²) in [6, 6.07) is 2.63. The standard InChI is InChI=1S/C27H38N8O7/c1-13(36)31-15-10-27(30-12-15)24(42)34-19-11-25(2,35-26(19,27)3)23(41)33-18(9-20(28)38)22(40)32-17(21(29)39)8-14-4-6-16(37)7-5-14/h4-7,15,17-19,30,35,37H,8-12H2,1-3H3,(H2,28,38)(H2,29,39)(H,31,36)(H,32,40)(H,33,41)(H,34,42). The molecule has 0 saturated carbocycles. The zero-order valence-corrected chi connectivity index (χ0v) is 23.7. The van der Waals surface area contributed by atoms with Crippen LogP contribution in [0.3, 0.4) is 0 Å². The first-order chi connectivity index (χ1) is 19.6. The Morgan fingerprint density at radius 2 is 1.71 bits per heavy atom. The number of hydrogen-bond donors (Lipinski definition) is 9. The topological polar surface area (TPSA) is 247 Å². The maximum atomic E-state index is 13.7. The van der Waals surface area contributed by atoms with Gasteiger partial charge >= 0.3 is 0 Å². The van der Waals surface area contributed by atoms with Crippen LogP contribution in [0.15, 0.2) is 24.3 Å². The molecule has 0 aromatic heterocycles. The first-order valence-electron chi connectivity index (χ1n) is 13.7. The summed E-state index contributed by atoms with van der Waals surface area (Å²) in [6.07, 6.45) is -0.0604. The van der Waals surface area contributed by atoms with Gasteiger partial charge in [-0.15, -0.1) is 0 Å². The van der Waals surface area contributed by atoms with Crippen molar-refractivity contribution < 1.29 is 33.9 Å². The van der Waals surface area contributed by atoms with Gasteiger partial charge in [0.25, 0.3) is 0 Å². The number of primary amides is 2. The fourth-order valence-electron chi connectivity index (χ4n) is 6.45. The summed E-state index contributed by atoms with van der Waals surface area (Å²) in [4.78, 5) is 75.6. The smallest absolute Gasteiger partial charge is 0.243 e. The van der Waals surface area contributed by atoms with Gasteiger partial charge < -0.3 is 37.8 Å². The molecule has 3 aliphatic heterocycles. The highest BCUT2D eigenvalue weighted by Gasteiger charge is 2.71. The minimum Gasteiger partial charge on any atom is -0.508 e. The van der Waals surface area contributed by atoms with Crippen molar-refractivity contribution in [2.75, 3.05) is 6.54 Å². The van der Waals surface area contributed by atoms with Crippen molar-refractivity contribution in [1.82, 2.24) is 31.9 Å². The number of aromatic hydroxyl groups is 1. The van der Waals surface area contributed by atoms with E-state index in [9.17, 15) is 33.9 Å². The van der Waals surface area contributed by atoms with Crippen LogP contribution in [0.1, 0.15) is 45.6 Å². The van der Waals surface area contributed by atoms with Crippen LogP contribution in [0.25, 0.3) is 0 Å². The normalized spacial score (nSPS) is 31.1. The fourth-order valence-corrected chi connectivity index (χ4v) is 6.45. The molecule has 3 aliphatic rings. The monoisotopic (exact) mass is 586 g/mol. The van der Waals surface area contributed by atoms with Crippen molar-refractivity contribution in [3.63, 3.8) is 0 Å². The van der Waals surface area contributed by atoms with E-state index >= 15 is 0 Å². The molecule has 11 N–H and O–H groups in total. The summed E-state index contributed by atoms with van der Waals surface area (Å²) in [6.45, 7) is 5.22. The lowest BCUT2D eigenvalue weighted by atomic mass is 9.76.